The summed E-state index contributed by atoms with van der Waals surface area (Å²) < 4.78 is 18.5. The first-order valence-electron chi connectivity index (χ1n) is 5.81. The van der Waals surface area contributed by atoms with Crippen LogP contribution in [0.15, 0.2) is 46.9 Å². The Bertz CT molecular complexity index is 685. The number of hydrogen-bond acceptors (Lipinski definition) is 2. The summed E-state index contributed by atoms with van der Waals surface area (Å²) in [5.74, 6) is 0.425. The molecule has 0 N–H and O–H groups in total. The minimum absolute atomic E-state index is 0.230. The number of halogens is 1. The lowest BCUT2D eigenvalue weighted by atomic mass is 10.1. The van der Waals surface area contributed by atoms with Crippen LogP contribution in [0, 0.1) is 12.7 Å². The third-order valence-corrected chi connectivity index (χ3v) is 2.86. The van der Waals surface area contributed by atoms with Crippen LogP contribution in [-0.2, 0) is 6.42 Å². The van der Waals surface area contributed by atoms with Crippen molar-refractivity contribution < 1.29 is 8.81 Å². The molecule has 0 saturated carbocycles. The fraction of sp³-hybridized carbons (Fsp3) is 0.133. The molecule has 18 heavy (non-hydrogen) atoms. The zero-order chi connectivity index (χ0) is 12.5. The maximum atomic E-state index is 12.8. The number of rotatable bonds is 2. The number of fused-ring (bicyclic) bond motifs is 1. The number of benzene rings is 2. The van der Waals surface area contributed by atoms with Crippen molar-refractivity contribution in [1.29, 1.82) is 0 Å². The molecule has 0 radical (unpaired) electrons. The standard InChI is InChI=1S/C15H12FNO/c1-10-2-7-14-13(8-10)17-15(18-14)9-11-3-5-12(16)6-4-11/h2-8H,9H2,1H3. The highest BCUT2D eigenvalue weighted by Crippen LogP contribution is 2.19. The molecule has 3 aromatic rings. The molecule has 1 aromatic heterocycles. The predicted octanol–water partition coefficient (Wildman–Crippen LogP) is 3.87. The highest BCUT2D eigenvalue weighted by atomic mass is 19.1. The number of aryl methyl sites for hydroxylation is 1. The van der Waals surface area contributed by atoms with Gasteiger partial charge < -0.3 is 4.42 Å². The van der Waals surface area contributed by atoms with E-state index in [9.17, 15) is 4.39 Å². The first kappa shape index (κ1) is 11.0. The van der Waals surface area contributed by atoms with Gasteiger partial charge in [-0.1, -0.05) is 18.2 Å². The number of aromatic nitrogens is 1. The van der Waals surface area contributed by atoms with E-state index in [1.807, 2.05) is 25.1 Å². The molecule has 0 aliphatic carbocycles. The average molecular weight is 241 g/mol. The third-order valence-electron chi connectivity index (χ3n) is 2.86. The molecule has 0 amide bonds. The highest BCUT2D eigenvalue weighted by molar-refractivity contribution is 5.73. The van der Waals surface area contributed by atoms with Gasteiger partial charge in [-0.2, -0.15) is 0 Å². The minimum atomic E-state index is -0.230. The molecule has 3 rings (SSSR count). The first-order chi connectivity index (χ1) is 8.70. The molecular weight excluding hydrogens is 229 g/mol. The Labute approximate surface area is 104 Å². The van der Waals surface area contributed by atoms with Crippen LogP contribution in [0.5, 0.6) is 0 Å². The van der Waals surface area contributed by atoms with Crippen molar-refractivity contribution in [2.45, 2.75) is 13.3 Å². The van der Waals surface area contributed by atoms with E-state index in [1.54, 1.807) is 12.1 Å². The van der Waals surface area contributed by atoms with Gasteiger partial charge in [0.2, 0.25) is 0 Å². The smallest absolute Gasteiger partial charge is 0.199 e. The molecule has 0 aliphatic rings. The molecule has 2 aromatic carbocycles. The summed E-state index contributed by atoms with van der Waals surface area (Å²) in [5, 5.41) is 0. The summed E-state index contributed by atoms with van der Waals surface area (Å²) in [6.07, 6.45) is 0.577. The summed E-state index contributed by atoms with van der Waals surface area (Å²) in [6.45, 7) is 2.02. The summed E-state index contributed by atoms with van der Waals surface area (Å²) in [6, 6.07) is 12.3. The van der Waals surface area contributed by atoms with E-state index in [0.29, 0.717) is 12.3 Å². The van der Waals surface area contributed by atoms with E-state index < -0.39 is 0 Å². The Balaban J connectivity index is 1.92. The van der Waals surface area contributed by atoms with Crippen LogP contribution in [0.25, 0.3) is 11.1 Å². The normalized spacial score (nSPS) is 11.0. The number of oxazole rings is 1. The highest BCUT2D eigenvalue weighted by Gasteiger charge is 2.06. The Morgan fingerprint density at radius 1 is 1.11 bits per heavy atom. The SMILES string of the molecule is Cc1ccc2oc(Cc3ccc(F)cc3)nc2c1. The van der Waals surface area contributed by atoms with Gasteiger partial charge in [-0.25, -0.2) is 9.37 Å². The summed E-state index contributed by atoms with van der Waals surface area (Å²) in [4.78, 5) is 4.43. The van der Waals surface area contributed by atoms with Crippen LogP contribution >= 0.6 is 0 Å². The molecule has 0 fully saturated rings. The Morgan fingerprint density at radius 2 is 1.89 bits per heavy atom. The topological polar surface area (TPSA) is 26.0 Å². The summed E-state index contributed by atoms with van der Waals surface area (Å²) >= 11 is 0. The molecule has 0 unspecified atom stereocenters. The van der Waals surface area contributed by atoms with Crippen LogP contribution in [0.3, 0.4) is 0 Å². The van der Waals surface area contributed by atoms with Crippen LogP contribution < -0.4 is 0 Å². The third kappa shape index (κ3) is 2.12. The van der Waals surface area contributed by atoms with Crippen molar-refractivity contribution in [2.24, 2.45) is 0 Å². The Kier molecular flexibility index (Phi) is 2.59. The molecule has 90 valence electrons. The quantitative estimate of drug-likeness (QED) is 0.680. The van der Waals surface area contributed by atoms with Gasteiger partial charge in [-0.15, -0.1) is 0 Å². The lowest BCUT2D eigenvalue weighted by Crippen LogP contribution is -1.88. The monoisotopic (exact) mass is 241 g/mol. The van der Waals surface area contributed by atoms with Crippen LogP contribution in [0.2, 0.25) is 0 Å². The van der Waals surface area contributed by atoms with Crippen molar-refractivity contribution in [3.8, 4) is 0 Å². The Hall–Kier alpha value is -2.16. The van der Waals surface area contributed by atoms with E-state index >= 15 is 0 Å². The number of nitrogens with zero attached hydrogens (tertiary/aromatic N) is 1. The lowest BCUT2D eigenvalue weighted by molar-refractivity contribution is 0.543. The molecule has 0 bridgehead atoms. The fourth-order valence-corrected chi connectivity index (χ4v) is 1.94. The van der Waals surface area contributed by atoms with Crippen molar-refractivity contribution in [3.63, 3.8) is 0 Å². The molecule has 0 spiro atoms. The second-order valence-electron chi connectivity index (χ2n) is 4.38. The molecule has 3 heteroatoms. The second-order valence-corrected chi connectivity index (χ2v) is 4.38. The van der Waals surface area contributed by atoms with Gasteiger partial charge in [-0.3, -0.25) is 0 Å². The second kappa shape index (κ2) is 4.26. The maximum Gasteiger partial charge on any atom is 0.199 e. The fourth-order valence-electron chi connectivity index (χ4n) is 1.94. The molecule has 0 aliphatic heterocycles. The molecule has 0 atom stereocenters. The molecule has 1 heterocycles. The van der Waals surface area contributed by atoms with Crippen LogP contribution in [0.1, 0.15) is 17.0 Å². The van der Waals surface area contributed by atoms with Crippen molar-refractivity contribution in [1.82, 2.24) is 4.98 Å². The summed E-state index contributed by atoms with van der Waals surface area (Å²) in [5.41, 5.74) is 3.80. The van der Waals surface area contributed by atoms with E-state index in [1.165, 1.54) is 12.1 Å². The Morgan fingerprint density at radius 3 is 2.67 bits per heavy atom. The average Bonchev–Trinajstić information content (AvgIpc) is 2.73. The number of hydrogen-bond donors (Lipinski definition) is 0. The van der Waals surface area contributed by atoms with E-state index in [2.05, 4.69) is 4.98 Å². The van der Waals surface area contributed by atoms with Gasteiger partial charge in [0.05, 0.1) is 0 Å². The van der Waals surface area contributed by atoms with E-state index in [-0.39, 0.29) is 5.82 Å². The minimum Gasteiger partial charge on any atom is -0.440 e. The van der Waals surface area contributed by atoms with E-state index in [4.69, 9.17) is 4.42 Å². The van der Waals surface area contributed by atoms with Gasteiger partial charge >= 0.3 is 0 Å². The van der Waals surface area contributed by atoms with Gasteiger partial charge in [0, 0.05) is 6.42 Å². The maximum absolute atomic E-state index is 12.8. The van der Waals surface area contributed by atoms with Crippen molar-refractivity contribution in [3.05, 3.63) is 65.3 Å². The van der Waals surface area contributed by atoms with Crippen molar-refractivity contribution in [2.75, 3.05) is 0 Å². The predicted molar refractivity (Wildman–Crippen MR) is 68.0 cm³/mol. The van der Waals surface area contributed by atoms with Gasteiger partial charge in [0.15, 0.2) is 11.5 Å². The van der Waals surface area contributed by atoms with E-state index in [0.717, 1.165) is 22.2 Å². The van der Waals surface area contributed by atoms with Crippen molar-refractivity contribution >= 4 is 11.1 Å². The van der Waals surface area contributed by atoms with Gasteiger partial charge in [0.25, 0.3) is 0 Å². The molecule has 0 saturated heterocycles. The van der Waals surface area contributed by atoms with Crippen LogP contribution in [0.4, 0.5) is 4.39 Å². The summed E-state index contributed by atoms with van der Waals surface area (Å²) in [7, 11) is 0. The first-order valence-corrected chi connectivity index (χ1v) is 5.81. The van der Waals surface area contributed by atoms with Crippen LogP contribution in [-0.4, -0.2) is 4.98 Å². The largest absolute Gasteiger partial charge is 0.440 e. The molecular formula is C15H12FNO. The van der Waals surface area contributed by atoms with Gasteiger partial charge in [-0.05, 0) is 42.3 Å². The lowest BCUT2D eigenvalue weighted by Gasteiger charge is -1.96. The zero-order valence-electron chi connectivity index (χ0n) is 9.98. The zero-order valence-corrected chi connectivity index (χ0v) is 9.98. The van der Waals surface area contributed by atoms with Gasteiger partial charge in [0.1, 0.15) is 11.3 Å². The molecule has 2 nitrogen and oxygen atoms in total.